The predicted octanol–water partition coefficient (Wildman–Crippen LogP) is 4.25. The summed E-state index contributed by atoms with van der Waals surface area (Å²) in [6.45, 7) is 0.593. The Labute approximate surface area is 166 Å². The second kappa shape index (κ2) is 7.00. The first-order valence-corrected chi connectivity index (χ1v) is 10.7. The van der Waals surface area contributed by atoms with E-state index in [1.807, 2.05) is 47.4 Å². The van der Waals surface area contributed by atoms with Crippen molar-refractivity contribution in [1.82, 2.24) is 9.88 Å². The molecule has 2 heterocycles. The van der Waals surface area contributed by atoms with E-state index >= 15 is 0 Å². The molecule has 3 fully saturated rings. The molecule has 28 heavy (non-hydrogen) atoms. The Hall–Kier alpha value is -2.20. The van der Waals surface area contributed by atoms with Gasteiger partial charge in [0.15, 0.2) is 0 Å². The van der Waals surface area contributed by atoms with E-state index in [0.29, 0.717) is 24.4 Å². The molecule has 0 bridgehead atoms. The summed E-state index contributed by atoms with van der Waals surface area (Å²) in [5, 5.41) is 11.7. The number of benzene rings is 1. The third-order valence-corrected chi connectivity index (χ3v) is 7.04. The van der Waals surface area contributed by atoms with Crippen molar-refractivity contribution in [3.05, 3.63) is 65.5 Å². The van der Waals surface area contributed by atoms with Crippen LogP contribution in [0.4, 0.5) is 0 Å². The fourth-order valence-electron chi connectivity index (χ4n) is 5.34. The molecular formula is C24H28N2O2. The molecule has 2 saturated carbocycles. The summed E-state index contributed by atoms with van der Waals surface area (Å²) in [7, 11) is 0. The zero-order chi connectivity index (χ0) is 19.1. The van der Waals surface area contributed by atoms with Crippen molar-refractivity contribution in [2.75, 3.05) is 6.54 Å². The summed E-state index contributed by atoms with van der Waals surface area (Å²) in [5.74, 6) is 0.768. The smallest absolute Gasteiger partial charge is 0.255 e. The van der Waals surface area contributed by atoms with Crippen LogP contribution in [0.1, 0.15) is 72.5 Å². The van der Waals surface area contributed by atoms with Gasteiger partial charge in [-0.25, -0.2) is 0 Å². The molecule has 0 radical (unpaired) electrons. The highest BCUT2D eigenvalue weighted by Crippen LogP contribution is 2.47. The first-order chi connectivity index (χ1) is 13.7. The lowest BCUT2D eigenvalue weighted by atomic mass is 9.66. The maximum absolute atomic E-state index is 13.3. The summed E-state index contributed by atoms with van der Waals surface area (Å²) < 4.78 is 0. The molecule has 0 spiro atoms. The maximum Gasteiger partial charge on any atom is 0.255 e. The summed E-state index contributed by atoms with van der Waals surface area (Å²) in [6.07, 6.45) is 8.97. The van der Waals surface area contributed by atoms with Gasteiger partial charge in [0.05, 0.1) is 11.2 Å². The fourth-order valence-corrected chi connectivity index (χ4v) is 5.34. The van der Waals surface area contributed by atoms with Crippen LogP contribution in [0.15, 0.2) is 48.7 Å². The number of amides is 1. The van der Waals surface area contributed by atoms with Crippen LogP contribution in [0.5, 0.6) is 0 Å². The van der Waals surface area contributed by atoms with Gasteiger partial charge in [-0.05, 0) is 49.8 Å². The highest BCUT2D eigenvalue weighted by Gasteiger charge is 2.50. The average Bonchev–Trinajstić information content (AvgIpc) is 3.60. The van der Waals surface area contributed by atoms with Crippen molar-refractivity contribution in [3.63, 3.8) is 0 Å². The Morgan fingerprint density at radius 1 is 1.04 bits per heavy atom. The van der Waals surface area contributed by atoms with Gasteiger partial charge in [-0.1, -0.05) is 43.2 Å². The number of pyridine rings is 1. The van der Waals surface area contributed by atoms with Gasteiger partial charge in [-0.15, -0.1) is 0 Å². The van der Waals surface area contributed by atoms with E-state index in [9.17, 15) is 9.90 Å². The molecule has 1 N–H and O–H groups in total. The highest BCUT2D eigenvalue weighted by atomic mass is 16.3. The van der Waals surface area contributed by atoms with Gasteiger partial charge in [0.1, 0.15) is 0 Å². The number of nitrogens with zero attached hydrogens (tertiary/aromatic N) is 2. The molecule has 1 aromatic heterocycles. The molecule has 4 nitrogen and oxygen atoms in total. The minimum absolute atomic E-state index is 0.0712. The van der Waals surface area contributed by atoms with Gasteiger partial charge < -0.3 is 10.0 Å². The lowest BCUT2D eigenvalue weighted by Gasteiger charge is -2.52. The van der Waals surface area contributed by atoms with E-state index in [4.69, 9.17) is 0 Å². The number of hydrogen-bond acceptors (Lipinski definition) is 3. The van der Waals surface area contributed by atoms with Crippen molar-refractivity contribution in [2.45, 2.75) is 62.5 Å². The van der Waals surface area contributed by atoms with Crippen LogP contribution in [-0.2, 0) is 5.60 Å². The van der Waals surface area contributed by atoms with Crippen LogP contribution in [0, 0.1) is 5.92 Å². The van der Waals surface area contributed by atoms with E-state index in [-0.39, 0.29) is 17.9 Å². The summed E-state index contributed by atoms with van der Waals surface area (Å²) in [4.78, 5) is 19.9. The molecule has 146 valence electrons. The number of carbonyl (C=O) groups is 1. The van der Waals surface area contributed by atoms with Gasteiger partial charge in [0.2, 0.25) is 0 Å². The molecular weight excluding hydrogens is 348 g/mol. The molecule has 1 amide bonds. The van der Waals surface area contributed by atoms with Crippen LogP contribution >= 0.6 is 0 Å². The van der Waals surface area contributed by atoms with E-state index in [0.717, 1.165) is 36.9 Å². The second-order valence-corrected chi connectivity index (χ2v) is 8.74. The first-order valence-electron chi connectivity index (χ1n) is 10.7. The number of aromatic nitrogens is 1. The summed E-state index contributed by atoms with van der Waals surface area (Å²) in [5.41, 5.74) is 1.95. The number of likely N-dealkylation sites (tertiary alicyclic amines) is 1. The van der Waals surface area contributed by atoms with Crippen LogP contribution in [-0.4, -0.2) is 33.5 Å². The number of fused-ring (bicyclic) bond motifs is 1. The van der Waals surface area contributed by atoms with Gasteiger partial charge in [0, 0.05) is 36.3 Å². The third-order valence-electron chi connectivity index (χ3n) is 7.04. The van der Waals surface area contributed by atoms with Crippen molar-refractivity contribution < 1.29 is 9.90 Å². The Morgan fingerprint density at radius 2 is 1.82 bits per heavy atom. The summed E-state index contributed by atoms with van der Waals surface area (Å²) in [6, 6.07) is 14.1. The lowest BCUT2D eigenvalue weighted by Crippen LogP contribution is -2.59. The van der Waals surface area contributed by atoms with Gasteiger partial charge in [0.25, 0.3) is 5.91 Å². The minimum Gasteiger partial charge on any atom is -0.385 e. The Bertz CT molecular complexity index is 847. The Balaban J connectivity index is 1.41. The molecule has 0 unspecified atom stereocenters. The zero-order valence-electron chi connectivity index (χ0n) is 16.3. The topological polar surface area (TPSA) is 53.4 Å². The number of carbonyl (C=O) groups excluding carboxylic acids is 1. The van der Waals surface area contributed by atoms with Crippen LogP contribution in [0.3, 0.4) is 0 Å². The van der Waals surface area contributed by atoms with E-state index in [1.54, 1.807) is 6.20 Å². The van der Waals surface area contributed by atoms with E-state index in [1.165, 1.54) is 12.8 Å². The van der Waals surface area contributed by atoms with E-state index < -0.39 is 5.60 Å². The van der Waals surface area contributed by atoms with Gasteiger partial charge >= 0.3 is 0 Å². The van der Waals surface area contributed by atoms with Crippen molar-refractivity contribution >= 4 is 5.91 Å². The molecule has 2 aliphatic carbocycles. The molecule has 3 aliphatic rings. The minimum atomic E-state index is -0.836. The Kier molecular flexibility index (Phi) is 4.47. The largest absolute Gasteiger partial charge is 0.385 e. The number of piperidine rings is 1. The monoisotopic (exact) mass is 376 g/mol. The normalized spacial score (nSPS) is 30.0. The molecule has 2 aromatic rings. The quantitative estimate of drug-likeness (QED) is 0.871. The molecule has 5 rings (SSSR count). The fraction of sp³-hybridized carbons (Fsp3) is 0.500. The maximum atomic E-state index is 13.3. The third kappa shape index (κ3) is 3.04. The zero-order valence-corrected chi connectivity index (χ0v) is 16.3. The molecule has 4 heteroatoms. The standard InChI is InChI=1S/C24H28N2O2/c27-23(18-12-13-21(25-16-18)17-10-11-17)26-15-14-24(28,19-6-2-1-3-7-19)20-8-4-5-9-22(20)26/h1-3,6-7,12-13,16-17,20,22,28H,4-5,8-11,14-15H2/t20-,22+,24-/m0/s1. The first kappa shape index (κ1) is 17.9. The lowest BCUT2D eigenvalue weighted by molar-refractivity contribution is -0.110. The van der Waals surface area contributed by atoms with Crippen molar-refractivity contribution in [2.24, 2.45) is 5.92 Å². The molecule has 1 aromatic carbocycles. The molecule has 1 aliphatic heterocycles. The van der Waals surface area contributed by atoms with Crippen LogP contribution in [0.25, 0.3) is 0 Å². The molecule has 3 atom stereocenters. The number of hydrogen-bond donors (Lipinski definition) is 1. The van der Waals surface area contributed by atoms with E-state index in [2.05, 4.69) is 4.98 Å². The highest BCUT2D eigenvalue weighted by molar-refractivity contribution is 5.94. The Morgan fingerprint density at radius 3 is 2.54 bits per heavy atom. The van der Waals surface area contributed by atoms with Crippen molar-refractivity contribution in [1.29, 1.82) is 0 Å². The predicted molar refractivity (Wildman–Crippen MR) is 108 cm³/mol. The number of rotatable bonds is 3. The molecule has 1 saturated heterocycles. The van der Waals surface area contributed by atoms with Gasteiger partial charge in [-0.3, -0.25) is 9.78 Å². The van der Waals surface area contributed by atoms with Gasteiger partial charge in [-0.2, -0.15) is 0 Å². The van der Waals surface area contributed by atoms with Crippen LogP contribution in [0.2, 0.25) is 0 Å². The SMILES string of the molecule is O=C(c1ccc(C2CC2)nc1)N1CC[C@](O)(c2ccccc2)[C@H]2CCCC[C@H]21. The van der Waals surface area contributed by atoms with Crippen molar-refractivity contribution in [3.8, 4) is 0 Å². The summed E-state index contributed by atoms with van der Waals surface area (Å²) >= 11 is 0. The average molecular weight is 377 g/mol. The second-order valence-electron chi connectivity index (χ2n) is 8.74. The van der Waals surface area contributed by atoms with Crippen LogP contribution < -0.4 is 0 Å². The number of aliphatic hydroxyl groups is 1.